The number of hydrogen-bond acceptors (Lipinski definition) is 4. The van der Waals surface area contributed by atoms with Crippen LogP contribution in [-0.4, -0.2) is 44.5 Å². The fourth-order valence-electron chi connectivity index (χ4n) is 4.02. The average Bonchev–Trinajstić information content (AvgIpc) is 2.78. The Hall–Kier alpha value is -3.29. The summed E-state index contributed by atoms with van der Waals surface area (Å²) in [4.78, 5) is 27.1. The van der Waals surface area contributed by atoms with Gasteiger partial charge < -0.3 is 4.90 Å². The topological polar surface area (TPSA) is 59.0 Å². The maximum atomic E-state index is 15.7. The third-order valence-corrected chi connectivity index (χ3v) is 5.91. The molecule has 5 nitrogen and oxygen atoms in total. The number of piperidine rings is 1. The summed E-state index contributed by atoms with van der Waals surface area (Å²) >= 11 is 0. The number of rotatable bonds is 4. The highest BCUT2D eigenvalue weighted by Crippen LogP contribution is 2.40. The Morgan fingerprint density at radius 2 is 1.77 bits per heavy atom. The standard InChI is InChI=1S/C23H21F3N4O/c1-15(16-11-17(24)13-18(25)12-16)23(26)5-9-30(10-6-23)22(31)19-3-2-7-28-21(19)20-4-8-27-14-29-20/h2-4,7-8,11-15H,5-6,9-10H2,1H3/t15-/m1/s1. The van der Waals surface area contributed by atoms with Crippen LogP contribution in [0.1, 0.15) is 41.6 Å². The zero-order valence-electron chi connectivity index (χ0n) is 16.9. The molecule has 0 radical (unpaired) electrons. The van der Waals surface area contributed by atoms with Gasteiger partial charge in [0.25, 0.3) is 5.91 Å². The van der Waals surface area contributed by atoms with E-state index in [4.69, 9.17) is 0 Å². The number of hydrogen-bond donors (Lipinski definition) is 0. The van der Waals surface area contributed by atoms with Gasteiger partial charge in [0.15, 0.2) is 0 Å². The van der Waals surface area contributed by atoms with Crippen LogP contribution in [0.3, 0.4) is 0 Å². The molecule has 0 unspecified atom stereocenters. The molecule has 1 aliphatic rings. The number of benzene rings is 1. The van der Waals surface area contributed by atoms with Gasteiger partial charge >= 0.3 is 0 Å². The van der Waals surface area contributed by atoms with Crippen LogP contribution in [0.5, 0.6) is 0 Å². The van der Waals surface area contributed by atoms with Gasteiger partial charge in [-0.2, -0.15) is 0 Å². The molecule has 0 spiro atoms. The molecule has 3 aromatic rings. The van der Waals surface area contributed by atoms with Crippen LogP contribution >= 0.6 is 0 Å². The zero-order chi connectivity index (χ0) is 22.0. The number of alkyl halides is 1. The second-order valence-corrected chi connectivity index (χ2v) is 7.75. The second-order valence-electron chi connectivity index (χ2n) is 7.75. The third-order valence-electron chi connectivity index (χ3n) is 5.91. The Morgan fingerprint density at radius 3 is 2.42 bits per heavy atom. The van der Waals surface area contributed by atoms with Crippen LogP contribution in [0.2, 0.25) is 0 Å². The van der Waals surface area contributed by atoms with Crippen molar-refractivity contribution in [2.45, 2.75) is 31.4 Å². The quantitative estimate of drug-likeness (QED) is 0.614. The van der Waals surface area contributed by atoms with E-state index in [1.807, 2.05) is 0 Å². The molecule has 0 bridgehead atoms. The molecule has 0 aliphatic carbocycles. The molecule has 2 aromatic heterocycles. The fraction of sp³-hybridized carbons (Fsp3) is 0.304. The summed E-state index contributed by atoms with van der Waals surface area (Å²) in [6.07, 6.45) is 4.67. The van der Waals surface area contributed by atoms with E-state index in [1.165, 1.54) is 6.33 Å². The first-order valence-electron chi connectivity index (χ1n) is 10.0. The second kappa shape index (κ2) is 8.45. The summed E-state index contributed by atoms with van der Waals surface area (Å²) in [5, 5.41) is 0. The third kappa shape index (κ3) is 4.28. The number of aromatic nitrogens is 3. The zero-order valence-corrected chi connectivity index (χ0v) is 16.9. The highest BCUT2D eigenvalue weighted by Gasteiger charge is 2.42. The van der Waals surface area contributed by atoms with Crippen molar-refractivity contribution in [3.8, 4) is 11.4 Å². The molecule has 1 atom stereocenters. The first kappa shape index (κ1) is 21.0. The summed E-state index contributed by atoms with van der Waals surface area (Å²) in [7, 11) is 0. The van der Waals surface area contributed by atoms with Crippen molar-refractivity contribution in [1.82, 2.24) is 19.9 Å². The van der Waals surface area contributed by atoms with Crippen LogP contribution in [-0.2, 0) is 0 Å². The summed E-state index contributed by atoms with van der Waals surface area (Å²) < 4.78 is 42.9. The molecule has 160 valence electrons. The van der Waals surface area contributed by atoms with Gasteiger partial charge in [0, 0.05) is 37.5 Å². The molecule has 0 saturated carbocycles. The summed E-state index contributed by atoms with van der Waals surface area (Å²) in [6.45, 7) is 2.01. The lowest BCUT2D eigenvalue weighted by Gasteiger charge is -2.40. The van der Waals surface area contributed by atoms with Gasteiger partial charge in [0.1, 0.15) is 29.3 Å². The van der Waals surface area contributed by atoms with Crippen LogP contribution in [0, 0.1) is 11.6 Å². The van der Waals surface area contributed by atoms with Gasteiger partial charge in [-0.1, -0.05) is 6.92 Å². The highest BCUT2D eigenvalue weighted by atomic mass is 19.1. The Kier molecular flexibility index (Phi) is 5.71. The van der Waals surface area contributed by atoms with Crippen LogP contribution < -0.4 is 0 Å². The maximum Gasteiger partial charge on any atom is 0.256 e. The normalized spacial score (nSPS) is 16.7. The first-order chi connectivity index (χ1) is 14.9. The Bertz CT molecular complexity index is 1060. The lowest BCUT2D eigenvalue weighted by atomic mass is 9.78. The number of likely N-dealkylation sites (tertiary alicyclic amines) is 1. The maximum absolute atomic E-state index is 15.7. The SMILES string of the molecule is C[C@H](c1cc(F)cc(F)c1)C1(F)CCN(C(=O)c2cccnc2-c2ccncn2)CC1. The van der Waals surface area contributed by atoms with E-state index in [1.54, 1.807) is 42.4 Å². The van der Waals surface area contributed by atoms with Gasteiger partial charge in [-0.3, -0.25) is 9.78 Å². The van der Waals surface area contributed by atoms with E-state index in [-0.39, 0.29) is 37.4 Å². The smallest absolute Gasteiger partial charge is 0.256 e. The molecule has 3 heterocycles. The van der Waals surface area contributed by atoms with E-state index < -0.39 is 23.2 Å². The monoisotopic (exact) mass is 426 g/mol. The largest absolute Gasteiger partial charge is 0.338 e. The number of carbonyl (C=O) groups is 1. The van der Waals surface area contributed by atoms with Crippen molar-refractivity contribution in [3.05, 3.63) is 77.9 Å². The van der Waals surface area contributed by atoms with E-state index in [0.29, 0.717) is 17.0 Å². The molecular weight excluding hydrogens is 405 g/mol. The van der Waals surface area contributed by atoms with Crippen LogP contribution in [0.4, 0.5) is 13.2 Å². The van der Waals surface area contributed by atoms with Gasteiger partial charge in [-0.05, 0) is 48.7 Å². The van der Waals surface area contributed by atoms with E-state index in [0.717, 1.165) is 18.2 Å². The molecule has 0 N–H and O–H groups in total. The van der Waals surface area contributed by atoms with Crippen molar-refractivity contribution in [3.63, 3.8) is 0 Å². The predicted molar refractivity (Wildman–Crippen MR) is 109 cm³/mol. The number of carbonyl (C=O) groups excluding carboxylic acids is 1. The minimum absolute atomic E-state index is 0.0706. The summed E-state index contributed by atoms with van der Waals surface area (Å²) in [6, 6.07) is 8.10. The lowest BCUT2D eigenvalue weighted by Crippen LogP contribution is -2.47. The molecule has 4 rings (SSSR count). The molecule has 1 amide bonds. The van der Waals surface area contributed by atoms with Gasteiger partial charge in [-0.15, -0.1) is 0 Å². The fourth-order valence-corrected chi connectivity index (χ4v) is 4.02. The van der Waals surface area contributed by atoms with Gasteiger partial charge in [0.05, 0.1) is 11.3 Å². The minimum atomic E-state index is -1.67. The molecule has 1 aliphatic heterocycles. The van der Waals surface area contributed by atoms with E-state index in [9.17, 15) is 13.6 Å². The average molecular weight is 426 g/mol. The van der Waals surface area contributed by atoms with Crippen molar-refractivity contribution >= 4 is 5.91 Å². The first-order valence-corrected chi connectivity index (χ1v) is 10.0. The number of amides is 1. The van der Waals surface area contributed by atoms with Crippen molar-refractivity contribution in [2.75, 3.05) is 13.1 Å². The molecule has 1 saturated heterocycles. The van der Waals surface area contributed by atoms with Crippen LogP contribution in [0.25, 0.3) is 11.4 Å². The Morgan fingerprint density at radius 1 is 1.06 bits per heavy atom. The minimum Gasteiger partial charge on any atom is -0.338 e. The number of pyridine rings is 1. The van der Waals surface area contributed by atoms with E-state index >= 15 is 4.39 Å². The van der Waals surface area contributed by atoms with Crippen LogP contribution in [0.15, 0.2) is 55.1 Å². The Labute approximate surface area is 178 Å². The van der Waals surface area contributed by atoms with Crippen molar-refractivity contribution < 1.29 is 18.0 Å². The molecular formula is C23H21F3N4O. The van der Waals surface area contributed by atoms with Gasteiger partial charge in [-0.25, -0.2) is 23.1 Å². The van der Waals surface area contributed by atoms with Crippen molar-refractivity contribution in [2.24, 2.45) is 0 Å². The Balaban J connectivity index is 1.51. The highest BCUT2D eigenvalue weighted by molar-refractivity contribution is 5.99. The lowest BCUT2D eigenvalue weighted by molar-refractivity contribution is 0.0325. The number of nitrogens with zero attached hydrogens (tertiary/aromatic N) is 4. The number of halogens is 3. The molecule has 1 fully saturated rings. The molecule has 31 heavy (non-hydrogen) atoms. The predicted octanol–water partition coefficient (Wildman–Crippen LogP) is 4.56. The molecule has 8 heteroatoms. The van der Waals surface area contributed by atoms with Crippen molar-refractivity contribution in [1.29, 1.82) is 0 Å². The summed E-state index contributed by atoms with van der Waals surface area (Å²) in [5.41, 5.74) is -0.0411. The molecule has 1 aromatic carbocycles. The van der Waals surface area contributed by atoms with E-state index in [2.05, 4.69) is 15.0 Å². The van der Waals surface area contributed by atoms with Gasteiger partial charge in [0.2, 0.25) is 0 Å². The summed E-state index contributed by atoms with van der Waals surface area (Å²) in [5.74, 6) is -2.42.